The molecule has 1 aliphatic rings. The summed E-state index contributed by atoms with van der Waals surface area (Å²) in [5.74, 6) is 0.757. The van der Waals surface area contributed by atoms with Gasteiger partial charge in [0.05, 0.1) is 17.1 Å². The first kappa shape index (κ1) is 13.1. The Morgan fingerprint density at radius 3 is 2.89 bits per heavy atom. The zero-order valence-corrected chi connectivity index (χ0v) is 11.4. The minimum Gasteiger partial charge on any atom is -0.323 e. The van der Waals surface area contributed by atoms with Crippen molar-refractivity contribution in [2.24, 2.45) is 13.0 Å². The lowest BCUT2D eigenvalue weighted by atomic mass is 10.0. The number of rotatable bonds is 4. The molecule has 1 aliphatic heterocycles. The molecule has 1 unspecified atom stereocenters. The van der Waals surface area contributed by atoms with Gasteiger partial charge in [-0.1, -0.05) is 0 Å². The van der Waals surface area contributed by atoms with E-state index in [1.807, 2.05) is 20.9 Å². The van der Waals surface area contributed by atoms with Crippen molar-refractivity contribution in [1.29, 1.82) is 0 Å². The second-order valence-corrected chi connectivity index (χ2v) is 5.12. The second kappa shape index (κ2) is 5.52. The van der Waals surface area contributed by atoms with Crippen LogP contribution in [0.15, 0.2) is 0 Å². The van der Waals surface area contributed by atoms with Crippen molar-refractivity contribution in [3.63, 3.8) is 0 Å². The maximum absolute atomic E-state index is 11.9. The van der Waals surface area contributed by atoms with Crippen LogP contribution in [-0.4, -0.2) is 28.8 Å². The number of carbonyl (C=O) groups excluding carboxylic acids is 1. The average molecular weight is 250 g/mol. The molecule has 0 saturated carbocycles. The predicted octanol–water partition coefficient (Wildman–Crippen LogP) is 1.37. The molecule has 0 aromatic carbocycles. The highest BCUT2D eigenvalue weighted by Crippen LogP contribution is 2.20. The van der Waals surface area contributed by atoms with Gasteiger partial charge in [-0.3, -0.25) is 9.48 Å². The summed E-state index contributed by atoms with van der Waals surface area (Å²) in [5, 5.41) is 10.6. The Morgan fingerprint density at radius 2 is 2.33 bits per heavy atom. The largest absolute Gasteiger partial charge is 0.323 e. The van der Waals surface area contributed by atoms with Gasteiger partial charge in [0.15, 0.2) is 0 Å². The number of nitrogens with one attached hydrogen (secondary N) is 2. The van der Waals surface area contributed by atoms with E-state index in [9.17, 15) is 4.79 Å². The molecule has 1 saturated heterocycles. The third-order valence-corrected chi connectivity index (χ3v) is 3.72. The van der Waals surface area contributed by atoms with E-state index in [4.69, 9.17) is 0 Å². The van der Waals surface area contributed by atoms with E-state index < -0.39 is 0 Å². The van der Waals surface area contributed by atoms with E-state index in [-0.39, 0.29) is 5.91 Å². The third-order valence-electron chi connectivity index (χ3n) is 3.72. The zero-order chi connectivity index (χ0) is 13.1. The summed E-state index contributed by atoms with van der Waals surface area (Å²) >= 11 is 0. The molecule has 5 nitrogen and oxygen atoms in total. The van der Waals surface area contributed by atoms with E-state index in [0.29, 0.717) is 12.3 Å². The Morgan fingerprint density at radius 1 is 1.56 bits per heavy atom. The van der Waals surface area contributed by atoms with Crippen molar-refractivity contribution < 1.29 is 4.79 Å². The van der Waals surface area contributed by atoms with Crippen LogP contribution in [0.3, 0.4) is 0 Å². The van der Waals surface area contributed by atoms with Crippen molar-refractivity contribution >= 4 is 11.6 Å². The summed E-state index contributed by atoms with van der Waals surface area (Å²) in [5.41, 5.74) is 2.75. The molecule has 0 aliphatic carbocycles. The molecule has 5 heteroatoms. The SMILES string of the molecule is Cc1nn(C)c(C)c1NC(=O)CCC1CCNC1. The Hall–Kier alpha value is -1.36. The van der Waals surface area contributed by atoms with Crippen LogP contribution in [0.5, 0.6) is 0 Å². The molecule has 100 valence electrons. The van der Waals surface area contributed by atoms with Crippen molar-refractivity contribution in [2.75, 3.05) is 18.4 Å². The van der Waals surface area contributed by atoms with Crippen LogP contribution in [0.1, 0.15) is 30.7 Å². The van der Waals surface area contributed by atoms with Gasteiger partial charge in [-0.2, -0.15) is 5.10 Å². The fourth-order valence-electron chi connectivity index (χ4n) is 2.45. The number of carbonyl (C=O) groups is 1. The van der Waals surface area contributed by atoms with Crippen LogP contribution < -0.4 is 10.6 Å². The van der Waals surface area contributed by atoms with Gasteiger partial charge in [0.25, 0.3) is 0 Å². The molecular weight excluding hydrogens is 228 g/mol. The summed E-state index contributed by atoms with van der Waals surface area (Å²) in [7, 11) is 1.89. The Labute approximate surface area is 108 Å². The molecule has 0 bridgehead atoms. The summed E-state index contributed by atoms with van der Waals surface area (Å²) < 4.78 is 1.80. The highest BCUT2D eigenvalue weighted by Gasteiger charge is 2.17. The molecule has 1 fully saturated rings. The molecule has 2 N–H and O–H groups in total. The molecule has 2 heterocycles. The first-order valence-electron chi connectivity index (χ1n) is 6.58. The van der Waals surface area contributed by atoms with Gasteiger partial charge in [0.2, 0.25) is 5.91 Å². The molecule has 0 radical (unpaired) electrons. The quantitative estimate of drug-likeness (QED) is 0.848. The maximum Gasteiger partial charge on any atom is 0.224 e. The Bertz CT molecular complexity index is 432. The van der Waals surface area contributed by atoms with Gasteiger partial charge < -0.3 is 10.6 Å². The lowest BCUT2D eigenvalue weighted by molar-refractivity contribution is -0.116. The smallest absolute Gasteiger partial charge is 0.224 e. The zero-order valence-electron chi connectivity index (χ0n) is 11.4. The van der Waals surface area contributed by atoms with Crippen LogP contribution in [0.25, 0.3) is 0 Å². The van der Waals surface area contributed by atoms with Crippen LogP contribution in [0.2, 0.25) is 0 Å². The number of anilines is 1. The minimum absolute atomic E-state index is 0.0982. The molecule has 1 amide bonds. The molecular formula is C13H22N4O. The molecule has 1 aromatic heterocycles. The van der Waals surface area contributed by atoms with Gasteiger partial charge in [0.1, 0.15) is 0 Å². The van der Waals surface area contributed by atoms with E-state index in [1.165, 1.54) is 6.42 Å². The van der Waals surface area contributed by atoms with Crippen LogP contribution >= 0.6 is 0 Å². The van der Waals surface area contributed by atoms with Crippen LogP contribution in [0, 0.1) is 19.8 Å². The highest BCUT2D eigenvalue weighted by atomic mass is 16.1. The van der Waals surface area contributed by atoms with Crippen molar-refractivity contribution in [2.45, 2.75) is 33.1 Å². The van der Waals surface area contributed by atoms with Crippen LogP contribution in [-0.2, 0) is 11.8 Å². The molecule has 18 heavy (non-hydrogen) atoms. The number of amides is 1. The number of hydrogen-bond donors (Lipinski definition) is 2. The van der Waals surface area contributed by atoms with Crippen molar-refractivity contribution in [3.05, 3.63) is 11.4 Å². The standard InChI is InChI=1S/C13H22N4O/c1-9-13(10(2)17(3)16-9)15-12(18)5-4-11-6-7-14-8-11/h11,14H,4-8H2,1-3H3,(H,15,18). The normalized spacial score (nSPS) is 19.2. The third kappa shape index (κ3) is 2.90. The predicted molar refractivity (Wildman–Crippen MR) is 71.5 cm³/mol. The first-order chi connectivity index (χ1) is 8.58. The van der Waals surface area contributed by atoms with Gasteiger partial charge in [-0.05, 0) is 45.7 Å². The maximum atomic E-state index is 11.9. The van der Waals surface area contributed by atoms with Crippen LogP contribution in [0.4, 0.5) is 5.69 Å². The lowest BCUT2D eigenvalue weighted by Crippen LogP contribution is -2.15. The Kier molecular flexibility index (Phi) is 4.01. The van der Waals surface area contributed by atoms with Gasteiger partial charge >= 0.3 is 0 Å². The first-order valence-corrected chi connectivity index (χ1v) is 6.58. The number of aryl methyl sites for hydroxylation is 2. The number of aromatic nitrogens is 2. The molecule has 1 aromatic rings. The average Bonchev–Trinajstić information content (AvgIpc) is 2.92. The Balaban J connectivity index is 1.86. The minimum atomic E-state index is 0.0982. The monoisotopic (exact) mass is 250 g/mol. The number of nitrogens with zero attached hydrogens (tertiary/aromatic N) is 2. The summed E-state index contributed by atoms with van der Waals surface area (Å²) in [6.45, 7) is 6.03. The van der Waals surface area contributed by atoms with Crippen molar-refractivity contribution in [1.82, 2.24) is 15.1 Å². The lowest BCUT2D eigenvalue weighted by Gasteiger charge is -2.09. The van der Waals surface area contributed by atoms with E-state index in [1.54, 1.807) is 4.68 Å². The fraction of sp³-hybridized carbons (Fsp3) is 0.692. The van der Waals surface area contributed by atoms with E-state index in [0.717, 1.165) is 36.6 Å². The summed E-state index contributed by atoms with van der Waals surface area (Å²) in [4.78, 5) is 11.9. The van der Waals surface area contributed by atoms with Gasteiger partial charge in [0, 0.05) is 13.5 Å². The topological polar surface area (TPSA) is 59.0 Å². The van der Waals surface area contributed by atoms with E-state index in [2.05, 4.69) is 15.7 Å². The van der Waals surface area contributed by atoms with E-state index >= 15 is 0 Å². The number of hydrogen-bond acceptors (Lipinski definition) is 3. The summed E-state index contributed by atoms with van der Waals surface area (Å²) in [6, 6.07) is 0. The van der Waals surface area contributed by atoms with Crippen molar-refractivity contribution in [3.8, 4) is 0 Å². The molecule has 1 atom stereocenters. The second-order valence-electron chi connectivity index (χ2n) is 5.12. The molecule has 2 rings (SSSR count). The van der Waals surface area contributed by atoms with Gasteiger partial charge in [-0.15, -0.1) is 0 Å². The highest BCUT2D eigenvalue weighted by molar-refractivity contribution is 5.91. The van der Waals surface area contributed by atoms with Gasteiger partial charge in [-0.25, -0.2) is 0 Å². The fourth-order valence-corrected chi connectivity index (χ4v) is 2.45. The molecule has 0 spiro atoms. The summed E-state index contributed by atoms with van der Waals surface area (Å²) in [6.07, 6.45) is 2.76.